The van der Waals surface area contributed by atoms with Crippen molar-refractivity contribution in [3.05, 3.63) is 66.7 Å². The third-order valence-corrected chi connectivity index (χ3v) is 5.23. The fourth-order valence-corrected chi connectivity index (χ4v) is 3.78. The molecule has 2 N–H and O–H groups in total. The smallest absolute Gasteiger partial charge is 0.744 e. The van der Waals surface area contributed by atoms with Crippen LogP contribution in [0.4, 0.5) is 11.4 Å². The first-order valence-electron chi connectivity index (χ1n) is 8.19. The first-order chi connectivity index (χ1) is 13.4. The molecule has 0 fully saturated rings. The van der Waals surface area contributed by atoms with Crippen molar-refractivity contribution in [3.63, 3.8) is 0 Å². The first kappa shape index (κ1) is 23.8. The van der Waals surface area contributed by atoms with E-state index in [9.17, 15) is 23.2 Å². The molecule has 0 radical (unpaired) electrons. The van der Waals surface area contributed by atoms with E-state index < -0.39 is 20.8 Å². The summed E-state index contributed by atoms with van der Waals surface area (Å²) in [5.41, 5.74) is 0.206. The van der Waals surface area contributed by atoms with Gasteiger partial charge in [-0.15, -0.1) is 10.2 Å². The second-order valence-corrected chi connectivity index (χ2v) is 7.44. The molecule has 0 aliphatic heterocycles. The van der Waals surface area contributed by atoms with Crippen LogP contribution in [0.2, 0.25) is 0 Å². The van der Waals surface area contributed by atoms with E-state index in [1.807, 2.05) is 12.1 Å². The van der Waals surface area contributed by atoms with Gasteiger partial charge in [-0.05, 0) is 11.5 Å². The molecule has 0 heterocycles. The van der Waals surface area contributed by atoms with Crippen LogP contribution in [0.25, 0.3) is 21.5 Å². The number of fused-ring (bicyclic) bond motifs is 2. The molecule has 4 aromatic rings. The third kappa shape index (κ3) is 4.33. The molecule has 0 saturated carbocycles. The van der Waals surface area contributed by atoms with Crippen LogP contribution in [0.3, 0.4) is 0 Å². The van der Waals surface area contributed by atoms with Gasteiger partial charge in [0.25, 0.3) is 0 Å². The first-order valence-corrected chi connectivity index (χ1v) is 9.60. The minimum atomic E-state index is -4.79. The Hall–Kier alpha value is -2.49. The predicted octanol–water partition coefficient (Wildman–Crippen LogP) is 2.36. The summed E-state index contributed by atoms with van der Waals surface area (Å²) in [6, 6.07) is 17.5. The van der Waals surface area contributed by atoms with Gasteiger partial charge in [0.1, 0.15) is 33.0 Å². The standard InChI is InChI=1S/C20H14N2O5S.CH4.Na/c23-16-10-9-12-5-1-2-6-13(12)19(16)21-22-20-15-8-4-3-7-14(15)18(11-17(20)24)28(25,26)27;;/h1-11,23-24H,(H,25,26,27);1H4;/q;;+1/p-1/b22-21+;;. The van der Waals surface area contributed by atoms with Gasteiger partial charge in [-0.25, -0.2) is 8.42 Å². The summed E-state index contributed by atoms with van der Waals surface area (Å²) in [6.45, 7) is 0. The largest absolute Gasteiger partial charge is 1.00 e. The average Bonchev–Trinajstić information content (AvgIpc) is 2.67. The van der Waals surface area contributed by atoms with Crippen LogP contribution in [0.15, 0.2) is 81.9 Å². The maximum Gasteiger partial charge on any atom is 1.00 e. The molecule has 0 aliphatic carbocycles. The molecule has 0 unspecified atom stereocenters. The number of aromatic hydroxyl groups is 2. The number of benzene rings is 4. The molecule has 0 spiro atoms. The Morgan fingerprint density at radius 2 is 1.27 bits per heavy atom. The Labute approximate surface area is 195 Å². The van der Waals surface area contributed by atoms with Crippen molar-refractivity contribution in [2.24, 2.45) is 10.2 Å². The number of phenols is 2. The van der Waals surface area contributed by atoms with Gasteiger partial charge in [-0.1, -0.05) is 62.0 Å². The Balaban J connectivity index is 0.00000160. The van der Waals surface area contributed by atoms with E-state index in [1.54, 1.807) is 30.3 Å². The number of phenolic OH excluding ortho intramolecular Hbond substituents is 2. The van der Waals surface area contributed by atoms with E-state index in [0.29, 0.717) is 5.39 Å². The number of azo groups is 1. The van der Waals surface area contributed by atoms with Crippen molar-refractivity contribution in [3.8, 4) is 11.5 Å². The van der Waals surface area contributed by atoms with Crippen LogP contribution >= 0.6 is 0 Å². The molecule has 148 valence electrons. The van der Waals surface area contributed by atoms with Gasteiger partial charge in [0.05, 0.1) is 4.90 Å². The van der Waals surface area contributed by atoms with Crippen molar-refractivity contribution in [2.75, 3.05) is 0 Å². The zero-order valence-corrected chi connectivity index (χ0v) is 18.1. The fourth-order valence-electron chi connectivity index (χ4n) is 3.07. The molecule has 4 aromatic carbocycles. The zero-order chi connectivity index (χ0) is 19.9. The van der Waals surface area contributed by atoms with Crippen molar-refractivity contribution in [1.29, 1.82) is 0 Å². The molecule has 0 bridgehead atoms. The summed E-state index contributed by atoms with van der Waals surface area (Å²) in [4.78, 5) is -0.535. The van der Waals surface area contributed by atoms with Gasteiger partial charge in [0, 0.05) is 22.2 Å². The zero-order valence-electron chi connectivity index (χ0n) is 15.3. The molecule has 0 amide bonds. The SMILES string of the molecule is C.O=S(=O)([O-])c1cc(O)c(/N=N/c2c(O)ccc3ccccc23)c2ccccc12.[Na+]. The summed E-state index contributed by atoms with van der Waals surface area (Å²) in [6.07, 6.45) is 0. The Bertz CT molecular complexity index is 1370. The summed E-state index contributed by atoms with van der Waals surface area (Å²) >= 11 is 0. The van der Waals surface area contributed by atoms with Gasteiger partial charge in [-0.2, -0.15) is 0 Å². The van der Waals surface area contributed by atoms with E-state index >= 15 is 0 Å². The maximum absolute atomic E-state index is 11.5. The average molecular weight is 432 g/mol. The number of hydrogen-bond donors (Lipinski definition) is 2. The molecule has 7 nitrogen and oxygen atoms in total. The quantitative estimate of drug-likeness (QED) is 0.292. The van der Waals surface area contributed by atoms with Crippen LogP contribution < -0.4 is 29.6 Å². The predicted molar refractivity (Wildman–Crippen MR) is 110 cm³/mol. The Morgan fingerprint density at radius 1 is 0.733 bits per heavy atom. The van der Waals surface area contributed by atoms with Crippen LogP contribution in [0, 0.1) is 0 Å². The molecule has 9 heteroatoms. The molecular formula is C21H17N2NaO5S. The van der Waals surface area contributed by atoms with Crippen molar-refractivity contribution in [2.45, 2.75) is 12.3 Å². The van der Waals surface area contributed by atoms with E-state index in [0.717, 1.165) is 11.5 Å². The summed E-state index contributed by atoms with van der Waals surface area (Å²) in [5, 5.41) is 30.5. The van der Waals surface area contributed by atoms with Gasteiger partial charge in [0.2, 0.25) is 0 Å². The molecule has 0 saturated heterocycles. The topological polar surface area (TPSA) is 122 Å². The van der Waals surface area contributed by atoms with E-state index in [-0.39, 0.29) is 64.9 Å². The fraction of sp³-hybridized carbons (Fsp3) is 0.0476. The van der Waals surface area contributed by atoms with Crippen molar-refractivity contribution < 1.29 is 52.7 Å². The maximum atomic E-state index is 11.5. The summed E-state index contributed by atoms with van der Waals surface area (Å²) < 4.78 is 34.6. The van der Waals surface area contributed by atoms with Crippen LogP contribution in [0.1, 0.15) is 7.43 Å². The van der Waals surface area contributed by atoms with E-state index in [2.05, 4.69) is 10.2 Å². The summed E-state index contributed by atoms with van der Waals surface area (Å²) in [5.74, 6) is -0.596. The Morgan fingerprint density at radius 3 is 1.90 bits per heavy atom. The molecule has 0 aromatic heterocycles. The Kier molecular flexibility index (Phi) is 7.23. The van der Waals surface area contributed by atoms with Gasteiger partial charge >= 0.3 is 29.6 Å². The van der Waals surface area contributed by atoms with Crippen molar-refractivity contribution in [1.82, 2.24) is 0 Å². The van der Waals surface area contributed by atoms with Gasteiger partial charge in [0.15, 0.2) is 0 Å². The van der Waals surface area contributed by atoms with Gasteiger partial charge in [-0.3, -0.25) is 0 Å². The molecule has 30 heavy (non-hydrogen) atoms. The van der Waals surface area contributed by atoms with Crippen LogP contribution in [0.5, 0.6) is 11.5 Å². The van der Waals surface area contributed by atoms with Gasteiger partial charge < -0.3 is 14.8 Å². The molecule has 4 rings (SSSR count). The number of nitrogens with zero attached hydrogens (tertiary/aromatic N) is 2. The van der Waals surface area contributed by atoms with E-state index in [4.69, 9.17) is 0 Å². The normalized spacial score (nSPS) is 11.4. The molecule has 0 atom stereocenters. The number of rotatable bonds is 3. The minimum absolute atomic E-state index is 0. The number of hydrogen-bond acceptors (Lipinski definition) is 7. The molecular weight excluding hydrogens is 415 g/mol. The second-order valence-electron chi connectivity index (χ2n) is 6.10. The van der Waals surface area contributed by atoms with Crippen LogP contribution in [-0.2, 0) is 10.1 Å². The minimum Gasteiger partial charge on any atom is -0.744 e. The van der Waals surface area contributed by atoms with Crippen LogP contribution in [-0.4, -0.2) is 23.2 Å². The summed E-state index contributed by atoms with van der Waals surface area (Å²) in [7, 11) is -4.79. The molecule has 0 aliphatic rings. The third-order valence-electron chi connectivity index (χ3n) is 4.36. The van der Waals surface area contributed by atoms with Crippen molar-refractivity contribution >= 4 is 43.0 Å². The monoisotopic (exact) mass is 432 g/mol. The second kappa shape index (κ2) is 9.11. The van der Waals surface area contributed by atoms with E-state index in [1.165, 1.54) is 18.2 Å².